The lowest BCUT2D eigenvalue weighted by atomic mass is 10.1. The third kappa shape index (κ3) is 5.97. The zero-order chi connectivity index (χ0) is 20.6. The summed E-state index contributed by atoms with van der Waals surface area (Å²) < 4.78 is 11.8. The molecule has 154 valence electrons. The zero-order valence-electron chi connectivity index (χ0n) is 16.5. The summed E-state index contributed by atoms with van der Waals surface area (Å²) in [5, 5.41) is 0. The smallest absolute Gasteiger partial charge is 0.253 e. The minimum absolute atomic E-state index is 0.0119. The number of methoxy groups -OCH3 is 1. The molecule has 0 N–H and O–H groups in total. The van der Waals surface area contributed by atoms with E-state index in [9.17, 15) is 9.59 Å². The summed E-state index contributed by atoms with van der Waals surface area (Å²) in [7, 11) is 1.60. The van der Waals surface area contributed by atoms with Crippen LogP contribution in [-0.4, -0.2) is 61.5 Å². The fourth-order valence-corrected chi connectivity index (χ4v) is 3.58. The van der Waals surface area contributed by atoms with Gasteiger partial charge in [-0.25, -0.2) is 0 Å². The number of rotatable bonds is 7. The van der Waals surface area contributed by atoms with Gasteiger partial charge in [-0.2, -0.15) is 0 Å². The molecular formula is C22H25BrN2O4. The Labute approximate surface area is 179 Å². The second-order valence-corrected chi connectivity index (χ2v) is 7.73. The van der Waals surface area contributed by atoms with Gasteiger partial charge < -0.3 is 19.3 Å². The van der Waals surface area contributed by atoms with Crippen LogP contribution in [0.2, 0.25) is 0 Å². The van der Waals surface area contributed by atoms with E-state index in [-0.39, 0.29) is 11.8 Å². The Bertz CT molecular complexity index is 833. The molecule has 1 saturated heterocycles. The van der Waals surface area contributed by atoms with Gasteiger partial charge in [0.1, 0.15) is 11.5 Å². The van der Waals surface area contributed by atoms with Crippen molar-refractivity contribution in [3.05, 3.63) is 58.6 Å². The van der Waals surface area contributed by atoms with Crippen LogP contribution in [0.25, 0.3) is 0 Å². The fraction of sp³-hybridized carbons (Fsp3) is 0.364. The van der Waals surface area contributed by atoms with Gasteiger partial charge in [-0.3, -0.25) is 9.59 Å². The molecule has 7 heteroatoms. The molecule has 0 aromatic heterocycles. The van der Waals surface area contributed by atoms with Gasteiger partial charge in [0.2, 0.25) is 5.91 Å². The van der Waals surface area contributed by atoms with Crippen LogP contribution >= 0.6 is 15.9 Å². The summed E-state index contributed by atoms with van der Waals surface area (Å²) in [5.74, 6) is 1.61. The van der Waals surface area contributed by atoms with Crippen molar-refractivity contribution in [3.8, 4) is 11.5 Å². The molecule has 0 unspecified atom stereocenters. The minimum atomic E-state index is -0.0119. The Kier molecular flexibility index (Phi) is 7.52. The molecule has 2 aromatic carbocycles. The lowest BCUT2D eigenvalue weighted by Gasteiger charge is -2.35. The number of piperazine rings is 1. The number of benzene rings is 2. The molecular weight excluding hydrogens is 436 g/mol. The Morgan fingerprint density at radius 3 is 2.31 bits per heavy atom. The first-order valence-electron chi connectivity index (χ1n) is 9.66. The number of amides is 2. The van der Waals surface area contributed by atoms with E-state index in [0.717, 1.165) is 16.0 Å². The monoisotopic (exact) mass is 460 g/mol. The van der Waals surface area contributed by atoms with E-state index in [1.165, 1.54) is 0 Å². The molecule has 0 atom stereocenters. The van der Waals surface area contributed by atoms with Crippen molar-refractivity contribution < 1.29 is 19.1 Å². The molecule has 1 aliphatic rings. The molecule has 1 fully saturated rings. The SMILES string of the molecule is COc1ccc(C(=O)N2CCN(C(=O)CCCOc3cccc(Br)c3)CC2)cc1. The van der Waals surface area contributed by atoms with Gasteiger partial charge >= 0.3 is 0 Å². The van der Waals surface area contributed by atoms with Crippen molar-refractivity contribution in [3.63, 3.8) is 0 Å². The van der Waals surface area contributed by atoms with E-state index in [1.54, 1.807) is 36.3 Å². The van der Waals surface area contributed by atoms with Crippen molar-refractivity contribution in [1.29, 1.82) is 0 Å². The van der Waals surface area contributed by atoms with Gasteiger partial charge in [-0.15, -0.1) is 0 Å². The van der Waals surface area contributed by atoms with E-state index in [0.29, 0.717) is 51.2 Å². The van der Waals surface area contributed by atoms with E-state index in [1.807, 2.05) is 29.2 Å². The van der Waals surface area contributed by atoms with Crippen molar-refractivity contribution in [2.24, 2.45) is 0 Å². The number of carbonyl (C=O) groups is 2. The topological polar surface area (TPSA) is 59.1 Å². The van der Waals surface area contributed by atoms with Crippen LogP contribution in [0.3, 0.4) is 0 Å². The summed E-state index contributed by atoms with van der Waals surface area (Å²) in [6.07, 6.45) is 1.11. The highest BCUT2D eigenvalue weighted by Crippen LogP contribution is 2.18. The highest BCUT2D eigenvalue weighted by molar-refractivity contribution is 9.10. The maximum absolute atomic E-state index is 12.6. The molecule has 3 rings (SSSR count). The highest BCUT2D eigenvalue weighted by Gasteiger charge is 2.24. The molecule has 0 saturated carbocycles. The standard InChI is InChI=1S/C22H25BrN2O4/c1-28-19-9-7-17(8-10-19)22(27)25-13-11-24(12-14-25)21(26)6-3-15-29-20-5-2-4-18(23)16-20/h2,4-5,7-10,16H,3,6,11-15H2,1H3. The lowest BCUT2D eigenvalue weighted by Crippen LogP contribution is -2.50. The number of nitrogens with zero attached hydrogens (tertiary/aromatic N) is 2. The number of halogens is 1. The summed E-state index contributed by atoms with van der Waals surface area (Å²) in [6, 6.07) is 14.7. The van der Waals surface area contributed by atoms with Crippen molar-refractivity contribution in [2.45, 2.75) is 12.8 Å². The van der Waals surface area contributed by atoms with E-state index < -0.39 is 0 Å². The molecule has 0 aliphatic carbocycles. The number of hydrogen-bond donors (Lipinski definition) is 0. The molecule has 2 amide bonds. The van der Waals surface area contributed by atoms with Crippen LogP contribution in [0, 0.1) is 0 Å². The fourth-order valence-electron chi connectivity index (χ4n) is 3.20. The zero-order valence-corrected chi connectivity index (χ0v) is 18.1. The van der Waals surface area contributed by atoms with Crippen LogP contribution in [0.15, 0.2) is 53.0 Å². The minimum Gasteiger partial charge on any atom is -0.497 e. The first-order chi connectivity index (χ1) is 14.1. The Morgan fingerprint density at radius 2 is 1.66 bits per heavy atom. The molecule has 0 bridgehead atoms. The highest BCUT2D eigenvalue weighted by atomic mass is 79.9. The average molecular weight is 461 g/mol. The largest absolute Gasteiger partial charge is 0.497 e. The average Bonchev–Trinajstić information content (AvgIpc) is 2.76. The third-order valence-corrected chi connectivity index (χ3v) is 5.35. The van der Waals surface area contributed by atoms with Gasteiger partial charge in [-0.1, -0.05) is 22.0 Å². The van der Waals surface area contributed by atoms with E-state index in [4.69, 9.17) is 9.47 Å². The third-order valence-electron chi connectivity index (χ3n) is 4.86. The molecule has 0 radical (unpaired) electrons. The normalized spacial score (nSPS) is 13.9. The molecule has 1 aliphatic heterocycles. The first-order valence-corrected chi connectivity index (χ1v) is 10.5. The number of carbonyl (C=O) groups excluding carboxylic acids is 2. The predicted octanol–water partition coefficient (Wildman–Crippen LogP) is 3.60. The second-order valence-electron chi connectivity index (χ2n) is 6.81. The van der Waals surface area contributed by atoms with Gasteiger partial charge in [0.25, 0.3) is 5.91 Å². The summed E-state index contributed by atoms with van der Waals surface area (Å²) in [4.78, 5) is 28.7. The van der Waals surface area contributed by atoms with Crippen molar-refractivity contribution in [1.82, 2.24) is 9.80 Å². The van der Waals surface area contributed by atoms with Crippen molar-refractivity contribution in [2.75, 3.05) is 39.9 Å². The Morgan fingerprint density at radius 1 is 0.966 bits per heavy atom. The molecule has 1 heterocycles. The molecule has 2 aromatic rings. The first kappa shape index (κ1) is 21.2. The van der Waals surface area contributed by atoms with Crippen LogP contribution in [0.4, 0.5) is 0 Å². The van der Waals surface area contributed by atoms with Gasteiger partial charge in [-0.05, 0) is 48.9 Å². The van der Waals surface area contributed by atoms with Gasteiger partial charge in [0.15, 0.2) is 0 Å². The Balaban J connectivity index is 1.39. The Hall–Kier alpha value is -2.54. The maximum atomic E-state index is 12.6. The number of ether oxygens (including phenoxy) is 2. The predicted molar refractivity (Wildman–Crippen MR) is 114 cm³/mol. The van der Waals surface area contributed by atoms with Crippen molar-refractivity contribution >= 4 is 27.7 Å². The van der Waals surface area contributed by atoms with Crippen LogP contribution < -0.4 is 9.47 Å². The number of hydrogen-bond acceptors (Lipinski definition) is 4. The summed E-state index contributed by atoms with van der Waals surface area (Å²) in [5.41, 5.74) is 0.635. The van der Waals surface area contributed by atoms with Crippen LogP contribution in [0.1, 0.15) is 23.2 Å². The molecule has 29 heavy (non-hydrogen) atoms. The molecule has 6 nitrogen and oxygen atoms in total. The van der Waals surface area contributed by atoms with Crippen LogP contribution in [-0.2, 0) is 4.79 Å². The van der Waals surface area contributed by atoms with Gasteiger partial charge in [0.05, 0.1) is 13.7 Å². The summed E-state index contributed by atoms with van der Waals surface area (Å²) in [6.45, 7) is 2.72. The second kappa shape index (κ2) is 10.3. The lowest BCUT2D eigenvalue weighted by molar-refractivity contribution is -0.132. The van der Waals surface area contributed by atoms with E-state index in [2.05, 4.69) is 15.9 Å². The van der Waals surface area contributed by atoms with Gasteiger partial charge in [0, 0.05) is 42.6 Å². The maximum Gasteiger partial charge on any atom is 0.253 e. The molecule has 0 spiro atoms. The van der Waals surface area contributed by atoms with Crippen LogP contribution in [0.5, 0.6) is 11.5 Å². The summed E-state index contributed by atoms with van der Waals surface area (Å²) >= 11 is 3.41. The quantitative estimate of drug-likeness (QED) is 0.592. The van der Waals surface area contributed by atoms with E-state index >= 15 is 0 Å².